The highest BCUT2D eigenvalue weighted by Gasteiger charge is 2.30. The van der Waals surface area contributed by atoms with E-state index in [1.807, 2.05) is 0 Å². The van der Waals surface area contributed by atoms with Gasteiger partial charge in [0.2, 0.25) is 5.95 Å². The second-order valence-electron chi connectivity index (χ2n) is 6.72. The van der Waals surface area contributed by atoms with Gasteiger partial charge in [-0.2, -0.15) is 13.2 Å². The van der Waals surface area contributed by atoms with Gasteiger partial charge in [-0.3, -0.25) is 9.59 Å². The summed E-state index contributed by atoms with van der Waals surface area (Å²) >= 11 is 0. The third-order valence-corrected chi connectivity index (χ3v) is 4.68. The lowest BCUT2D eigenvalue weighted by Crippen LogP contribution is -2.42. The number of alkyl halides is 3. The van der Waals surface area contributed by atoms with Crippen LogP contribution >= 0.6 is 0 Å². The Kier molecular flexibility index (Phi) is 6.30. The van der Waals surface area contributed by atoms with Gasteiger partial charge in [0, 0.05) is 37.7 Å². The van der Waals surface area contributed by atoms with E-state index in [1.165, 1.54) is 0 Å². The van der Waals surface area contributed by atoms with Crippen molar-refractivity contribution in [1.82, 2.24) is 15.3 Å². The normalized spacial score (nSPS) is 15.1. The van der Waals surface area contributed by atoms with Gasteiger partial charge in [0.25, 0.3) is 0 Å². The fraction of sp³-hybridized carbons (Fsp3) is 0.368. The third-order valence-electron chi connectivity index (χ3n) is 4.68. The van der Waals surface area contributed by atoms with Crippen LogP contribution in [-0.4, -0.2) is 41.4 Å². The number of hydrogen-bond donors (Lipinski definition) is 2. The first-order valence-electron chi connectivity index (χ1n) is 9.11. The number of rotatable bonds is 4. The Labute approximate surface area is 165 Å². The fourth-order valence-corrected chi connectivity index (χ4v) is 3.04. The van der Waals surface area contributed by atoms with Gasteiger partial charge in [-0.1, -0.05) is 0 Å². The Balaban J connectivity index is 1.42. The van der Waals surface area contributed by atoms with Crippen LogP contribution in [0.25, 0.3) is 0 Å². The summed E-state index contributed by atoms with van der Waals surface area (Å²) in [6.07, 6.45) is 0.550. The molecule has 1 aliphatic rings. The molecule has 2 N–H and O–H groups in total. The average Bonchev–Trinajstić information content (AvgIpc) is 2.72. The lowest BCUT2D eigenvalue weighted by Gasteiger charge is -2.31. The summed E-state index contributed by atoms with van der Waals surface area (Å²) < 4.78 is 37.6. The van der Waals surface area contributed by atoms with E-state index in [1.54, 1.807) is 18.5 Å². The van der Waals surface area contributed by atoms with E-state index in [-0.39, 0.29) is 11.6 Å². The highest BCUT2D eigenvalue weighted by molar-refractivity contribution is 6.39. The number of benzene rings is 1. The zero-order valence-corrected chi connectivity index (χ0v) is 15.4. The van der Waals surface area contributed by atoms with Crippen molar-refractivity contribution < 1.29 is 22.8 Å². The predicted molar refractivity (Wildman–Crippen MR) is 100 cm³/mol. The summed E-state index contributed by atoms with van der Waals surface area (Å²) in [5.74, 6) is -0.845. The highest BCUT2D eigenvalue weighted by Crippen LogP contribution is 2.29. The maximum atomic E-state index is 12.5. The molecule has 1 saturated heterocycles. The average molecular weight is 407 g/mol. The lowest BCUT2D eigenvalue weighted by atomic mass is 9.97. The molecule has 10 heteroatoms. The fourth-order valence-electron chi connectivity index (χ4n) is 3.04. The van der Waals surface area contributed by atoms with Gasteiger partial charge in [-0.25, -0.2) is 9.97 Å². The number of amides is 2. The van der Waals surface area contributed by atoms with Crippen LogP contribution in [0.15, 0.2) is 42.7 Å². The van der Waals surface area contributed by atoms with Crippen LogP contribution in [-0.2, 0) is 15.8 Å². The number of hydrogen-bond acceptors (Lipinski definition) is 5. The maximum Gasteiger partial charge on any atom is 0.416 e. The molecule has 3 rings (SSSR count). The highest BCUT2D eigenvalue weighted by atomic mass is 19.4. The van der Waals surface area contributed by atoms with Crippen molar-refractivity contribution in [3.05, 3.63) is 48.3 Å². The molecular formula is C19H20F3N5O2. The van der Waals surface area contributed by atoms with Crippen molar-refractivity contribution in [2.75, 3.05) is 29.9 Å². The first-order valence-corrected chi connectivity index (χ1v) is 9.11. The molecule has 29 heavy (non-hydrogen) atoms. The number of nitrogens with one attached hydrogen (secondary N) is 2. The standard InChI is InChI=1S/C19H20F3N5O2/c20-19(21,22)14-2-4-15(5-3-14)26-17(29)16(28)25-12-13-6-10-27(11-7-13)18-23-8-1-9-24-18/h1-5,8-9,13H,6-7,10-12H2,(H,25,28)(H,26,29). The van der Waals surface area contributed by atoms with E-state index >= 15 is 0 Å². The maximum absolute atomic E-state index is 12.5. The summed E-state index contributed by atoms with van der Waals surface area (Å²) in [6.45, 7) is 1.85. The monoisotopic (exact) mass is 407 g/mol. The lowest BCUT2D eigenvalue weighted by molar-refractivity contribution is -0.137. The van der Waals surface area contributed by atoms with Crippen molar-refractivity contribution in [3.8, 4) is 0 Å². The Morgan fingerprint density at radius 2 is 1.66 bits per heavy atom. The minimum absolute atomic E-state index is 0.120. The van der Waals surface area contributed by atoms with Crippen LogP contribution in [0.4, 0.5) is 24.8 Å². The summed E-state index contributed by atoms with van der Waals surface area (Å²) in [5.41, 5.74) is -0.707. The molecule has 2 amide bonds. The van der Waals surface area contributed by atoms with Gasteiger partial charge in [-0.15, -0.1) is 0 Å². The minimum atomic E-state index is -4.46. The third kappa shape index (κ3) is 5.66. The molecule has 7 nitrogen and oxygen atoms in total. The molecule has 0 spiro atoms. The first kappa shape index (κ1) is 20.6. The predicted octanol–water partition coefficient (Wildman–Crippen LogP) is 2.47. The van der Waals surface area contributed by atoms with E-state index in [0.717, 1.165) is 50.2 Å². The number of piperidine rings is 1. The molecule has 154 valence electrons. The SMILES string of the molecule is O=C(NCC1CCN(c2ncccn2)CC1)C(=O)Nc1ccc(C(F)(F)F)cc1. The van der Waals surface area contributed by atoms with E-state index < -0.39 is 23.6 Å². The first-order chi connectivity index (χ1) is 13.8. The van der Waals surface area contributed by atoms with Crippen molar-refractivity contribution in [1.29, 1.82) is 0 Å². The number of carbonyl (C=O) groups excluding carboxylic acids is 2. The topological polar surface area (TPSA) is 87.2 Å². The summed E-state index contributed by atoms with van der Waals surface area (Å²) in [7, 11) is 0. The molecule has 2 heterocycles. The second-order valence-corrected chi connectivity index (χ2v) is 6.72. The zero-order valence-electron chi connectivity index (χ0n) is 15.4. The molecule has 1 fully saturated rings. The molecule has 0 saturated carbocycles. The Hall–Kier alpha value is -3.17. The largest absolute Gasteiger partial charge is 0.416 e. The van der Waals surface area contributed by atoms with Crippen LogP contribution in [0.2, 0.25) is 0 Å². The molecule has 0 atom stereocenters. The zero-order chi connectivity index (χ0) is 20.9. The molecular weight excluding hydrogens is 387 g/mol. The van der Waals surface area contributed by atoms with Crippen molar-refractivity contribution >= 4 is 23.5 Å². The minimum Gasteiger partial charge on any atom is -0.348 e. The second kappa shape index (κ2) is 8.89. The van der Waals surface area contributed by atoms with Gasteiger partial charge in [0.1, 0.15) is 0 Å². The van der Waals surface area contributed by atoms with Crippen LogP contribution in [0.5, 0.6) is 0 Å². The number of nitrogens with zero attached hydrogens (tertiary/aromatic N) is 3. The molecule has 1 aromatic heterocycles. The number of halogens is 3. The molecule has 0 bridgehead atoms. The molecule has 0 radical (unpaired) electrons. The van der Waals surface area contributed by atoms with Gasteiger partial charge in [-0.05, 0) is 49.1 Å². The van der Waals surface area contributed by atoms with Gasteiger partial charge < -0.3 is 15.5 Å². The van der Waals surface area contributed by atoms with Gasteiger partial charge >= 0.3 is 18.0 Å². The molecule has 0 unspecified atom stereocenters. The van der Waals surface area contributed by atoms with Crippen LogP contribution in [0, 0.1) is 5.92 Å². The summed E-state index contributed by atoms with van der Waals surface area (Å²) in [6, 6.07) is 5.65. The van der Waals surface area contributed by atoms with Crippen LogP contribution in [0.3, 0.4) is 0 Å². The van der Waals surface area contributed by atoms with Crippen molar-refractivity contribution in [2.45, 2.75) is 19.0 Å². The smallest absolute Gasteiger partial charge is 0.348 e. The Morgan fingerprint density at radius 3 is 2.24 bits per heavy atom. The number of aromatic nitrogens is 2. The van der Waals surface area contributed by atoms with Crippen LogP contribution in [0.1, 0.15) is 18.4 Å². The van der Waals surface area contributed by atoms with Gasteiger partial charge in [0.05, 0.1) is 5.56 Å². The van der Waals surface area contributed by atoms with Gasteiger partial charge in [0.15, 0.2) is 0 Å². The molecule has 1 aliphatic heterocycles. The van der Waals surface area contributed by atoms with E-state index in [0.29, 0.717) is 12.5 Å². The molecule has 1 aromatic carbocycles. The molecule has 0 aliphatic carbocycles. The summed E-state index contributed by atoms with van der Waals surface area (Å²) in [5, 5.41) is 4.88. The Bertz CT molecular complexity index is 835. The van der Waals surface area contributed by atoms with E-state index in [2.05, 4.69) is 25.5 Å². The van der Waals surface area contributed by atoms with Crippen LogP contribution < -0.4 is 15.5 Å². The van der Waals surface area contributed by atoms with Crippen molar-refractivity contribution in [3.63, 3.8) is 0 Å². The van der Waals surface area contributed by atoms with Crippen molar-refractivity contribution in [2.24, 2.45) is 5.92 Å². The molecule has 2 aromatic rings. The number of anilines is 2. The summed E-state index contributed by atoms with van der Waals surface area (Å²) in [4.78, 5) is 34.4. The number of carbonyl (C=O) groups is 2. The van der Waals surface area contributed by atoms with E-state index in [9.17, 15) is 22.8 Å². The quantitative estimate of drug-likeness (QED) is 0.761. The van der Waals surface area contributed by atoms with E-state index in [4.69, 9.17) is 0 Å². The Morgan fingerprint density at radius 1 is 1.03 bits per heavy atom.